The first-order valence-electron chi connectivity index (χ1n) is 13.2. The van der Waals surface area contributed by atoms with Crippen LogP contribution in [0, 0.1) is 13.8 Å². The number of aliphatic hydroxyl groups excluding tert-OH is 1. The summed E-state index contributed by atoms with van der Waals surface area (Å²) < 4.78 is 17.9. The van der Waals surface area contributed by atoms with Crippen molar-refractivity contribution in [2.75, 3.05) is 24.7 Å². The molecule has 40 heavy (non-hydrogen) atoms. The van der Waals surface area contributed by atoms with Crippen LogP contribution < -0.4 is 19.1 Å². The molecule has 3 aromatic carbocycles. The molecule has 0 aliphatic carbocycles. The molecule has 204 valence electrons. The van der Waals surface area contributed by atoms with Crippen LogP contribution in [-0.4, -0.2) is 41.6 Å². The Morgan fingerprint density at radius 2 is 1.80 bits per heavy atom. The second kappa shape index (κ2) is 10.3. The zero-order valence-electron chi connectivity index (χ0n) is 22.4. The summed E-state index contributed by atoms with van der Waals surface area (Å²) in [5, 5.41) is 11.9. The third-order valence-electron chi connectivity index (χ3n) is 6.95. The molecule has 6 rings (SSSR count). The Kier molecular flexibility index (Phi) is 6.67. The maximum atomic E-state index is 13.6. The standard InChI is InChI=1S/C31H28N2O6S/c1-4-11-37-21-8-5-19(6-9-21)27-25(28(34)20-7-10-22-23(16-20)39-13-12-38-22)29(35)30(36)33(27)31-32-26-18(3)14-17(2)15-24(26)40-31/h5-10,14-16,27,34H,4,11-13H2,1-3H3. The summed E-state index contributed by atoms with van der Waals surface area (Å²) in [7, 11) is 0. The van der Waals surface area contributed by atoms with Gasteiger partial charge in [0.05, 0.1) is 28.4 Å². The van der Waals surface area contributed by atoms with E-state index in [2.05, 4.69) is 0 Å². The molecule has 0 saturated carbocycles. The molecule has 1 unspecified atom stereocenters. The molecule has 1 saturated heterocycles. The molecule has 1 N–H and O–H groups in total. The van der Waals surface area contributed by atoms with Crippen molar-refractivity contribution in [3.8, 4) is 17.2 Å². The zero-order valence-corrected chi connectivity index (χ0v) is 23.2. The number of aliphatic hydroxyl groups is 1. The summed E-state index contributed by atoms with van der Waals surface area (Å²) in [5.41, 5.74) is 3.83. The lowest BCUT2D eigenvalue weighted by Crippen LogP contribution is -2.29. The number of nitrogens with zero attached hydrogens (tertiary/aromatic N) is 2. The van der Waals surface area contributed by atoms with Gasteiger partial charge in [-0.3, -0.25) is 14.5 Å². The van der Waals surface area contributed by atoms with Crippen LogP contribution in [0.5, 0.6) is 17.2 Å². The van der Waals surface area contributed by atoms with Crippen LogP contribution in [0.2, 0.25) is 0 Å². The number of carbonyl (C=O) groups excluding carboxylic acids is 2. The van der Waals surface area contributed by atoms with Gasteiger partial charge < -0.3 is 19.3 Å². The molecule has 1 atom stereocenters. The lowest BCUT2D eigenvalue weighted by molar-refractivity contribution is -0.132. The number of ether oxygens (including phenoxy) is 3. The second-order valence-electron chi connectivity index (χ2n) is 9.87. The lowest BCUT2D eigenvalue weighted by Gasteiger charge is -2.23. The van der Waals surface area contributed by atoms with Crippen molar-refractivity contribution in [2.45, 2.75) is 33.2 Å². The van der Waals surface area contributed by atoms with Crippen LogP contribution in [0.4, 0.5) is 5.13 Å². The van der Waals surface area contributed by atoms with Gasteiger partial charge in [-0.05, 0) is 73.4 Å². The molecule has 1 amide bonds. The molecular formula is C31H28N2O6S. The highest BCUT2D eigenvalue weighted by Gasteiger charge is 2.48. The number of hydrogen-bond acceptors (Lipinski definition) is 8. The lowest BCUT2D eigenvalue weighted by atomic mass is 9.95. The van der Waals surface area contributed by atoms with E-state index in [0.29, 0.717) is 53.3 Å². The quantitative estimate of drug-likeness (QED) is 0.174. The van der Waals surface area contributed by atoms with Crippen molar-refractivity contribution in [3.63, 3.8) is 0 Å². The monoisotopic (exact) mass is 556 g/mol. The van der Waals surface area contributed by atoms with Crippen LogP contribution in [0.25, 0.3) is 16.0 Å². The molecule has 3 heterocycles. The van der Waals surface area contributed by atoms with E-state index in [1.165, 1.54) is 16.2 Å². The molecular weight excluding hydrogens is 528 g/mol. The number of ketones is 1. The maximum absolute atomic E-state index is 13.6. The second-order valence-corrected chi connectivity index (χ2v) is 10.9. The molecule has 9 heteroatoms. The summed E-state index contributed by atoms with van der Waals surface area (Å²) in [5.74, 6) is -0.111. The number of amides is 1. The molecule has 0 spiro atoms. The normalized spacial score (nSPS) is 18.0. The molecule has 4 aromatic rings. The van der Waals surface area contributed by atoms with Gasteiger partial charge in [0.15, 0.2) is 16.6 Å². The number of aromatic nitrogens is 1. The largest absolute Gasteiger partial charge is 0.507 e. The van der Waals surface area contributed by atoms with E-state index in [9.17, 15) is 14.7 Å². The van der Waals surface area contributed by atoms with Crippen molar-refractivity contribution < 1.29 is 28.9 Å². The van der Waals surface area contributed by atoms with Crippen LogP contribution >= 0.6 is 11.3 Å². The fourth-order valence-corrected chi connectivity index (χ4v) is 6.29. The number of anilines is 1. The first-order valence-corrected chi connectivity index (χ1v) is 14.0. The number of benzene rings is 3. The third kappa shape index (κ3) is 4.46. The number of rotatable bonds is 6. The fourth-order valence-electron chi connectivity index (χ4n) is 5.12. The smallest absolute Gasteiger partial charge is 0.301 e. The van der Waals surface area contributed by atoms with Crippen LogP contribution in [-0.2, 0) is 9.59 Å². The fraction of sp³-hybridized carbons (Fsp3) is 0.258. The first-order chi connectivity index (χ1) is 19.4. The molecule has 0 radical (unpaired) electrons. The number of hydrogen-bond donors (Lipinski definition) is 1. The van der Waals surface area contributed by atoms with E-state index in [0.717, 1.165) is 27.8 Å². The zero-order chi connectivity index (χ0) is 28.0. The minimum Gasteiger partial charge on any atom is -0.507 e. The van der Waals surface area contributed by atoms with E-state index in [4.69, 9.17) is 19.2 Å². The van der Waals surface area contributed by atoms with Crippen molar-refractivity contribution in [1.82, 2.24) is 4.98 Å². The van der Waals surface area contributed by atoms with Gasteiger partial charge in [0.25, 0.3) is 5.78 Å². The van der Waals surface area contributed by atoms with Crippen LogP contribution in [0.15, 0.2) is 60.2 Å². The average molecular weight is 557 g/mol. The minimum atomic E-state index is -0.893. The van der Waals surface area contributed by atoms with E-state index in [-0.39, 0.29) is 11.3 Å². The Bertz CT molecular complexity index is 1670. The first kappa shape index (κ1) is 25.9. The SMILES string of the molecule is CCCOc1ccc(C2C(=C(O)c3ccc4c(c3)OCCO4)C(=O)C(=O)N2c2nc3c(C)cc(C)cc3s2)cc1. The predicted octanol–water partition coefficient (Wildman–Crippen LogP) is 6.10. The van der Waals surface area contributed by atoms with Crippen LogP contribution in [0.1, 0.15) is 41.6 Å². The Labute approximate surface area is 235 Å². The van der Waals surface area contributed by atoms with E-state index < -0.39 is 17.7 Å². The number of fused-ring (bicyclic) bond motifs is 2. The topological polar surface area (TPSA) is 98.2 Å². The van der Waals surface area contributed by atoms with E-state index in [1.54, 1.807) is 30.3 Å². The predicted molar refractivity (Wildman–Crippen MR) is 154 cm³/mol. The summed E-state index contributed by atoms with van der Waals surface area (Å²) in [4.78, 5) is 33.4. The highest BCUT2D eigenvalue weighted by Crippen LogP contribution is 2.45. The summed E-state index contributed by atoms with van der Waals surface area (Å²) >= 11 is 1.35. The van der Waals surface area contributed by atoms with Gasteiger partial charge in [-0.15, -0.1) is 0 Å². The molecule has 2 aliphatic heterocycles. The average Bonchev–Trinajstić information content (AvgIpc) is 3.49. The molecule has 8 nitrogen and oxygen atoms in total. The van der Waals surface area contributed by atoms with Gasteiger partial charge in [-0.2, -0.15) is 0 Å². The van der Waals surface area contributed by atoms with Crippen molar-refractivity contribution in [3.05, 3.63) is 82.4 Å². The summed E-state index contributed by atoms with van der Waals surface area (Å²) in [6.45, 7) is 7.40. The highest BCUT2D eigenvalue weighted by atomic mass is 32.1. The van der Waals surface area contributed by atoms with Crippen molar-refractivity contribution in [2.24, 2.45) is 0 Å². The molecule has 2 aliphatic rings. The molecule has 1 aromatic heterocycles. The highest BCUT2D eigenvalue weighted by molar-refractivity contribution is 7.22. The minimum absolute atomic E-state index is 0.0175. The van der Waals surface area contributed by atoms with Gasteiger partial charge in [0.1, 0.15) is 24.7 Å². The van der Waals surface area contributed by atoms with E-state index >= 15 is 0 Å². The maximum Gasteiger partial charge on any atom is 0.301 e. The number of carbonyl (C=O) groups is 2. The van der Waals surface area contributed by atoms with Gasteiger partial charge >= 0.3 is 5.91 Å². The Morgan fingerprint density at radius 3 is 2.55 bits per heavy atom. The van der Waals surface area contributed by atoms with Gasteiger partial charge in [0.2, 0.25) is 0 Å². The number of Topliss-reactive ketones (excluding diaryl/α,β-unsaturated/α-hetero) is 1. The Morgan fingerprint density at radius 1 is 1.05 bits per heavy atom. The van der Waals surface area contributed by atoms with Crippen molar-refractivity contribution >= 4 is 44.1 Å². The summed E-state index contributed by atoms with van der Waals surface area (Å²) in [6, 6.07) is 15.4. The molecule has 1 fully saturated rings. The Hall–Kier alpha value is -4.37. The summed E-state index contributed by atoms with van der Waals surface area (Å²) in [6.07, 6.45) is 0.869. The number of thiazole rings is 1. The molecule has 0 bridgehead atoms. The Balaban J connectivity index is 1.51. The van der Waals surface area contributed by atoms with Gasteiger partial charge in [-0.1, -0.05) is 36.5 Å². The third-order valence-corrected chi connectivity index (χ3v) is 7.96. The van der Waals surface area contributed by atoms with E-state index in [1.807, 2.05) is 45.0 Å². The van der Waals surface area contributed by atoms with Crippen molar-refractivity contribution in [1.29, 1.82) is 0 Å². The van der Waals surface area contributed by atoms with Gasteiger partial charge in [-0.25, -0.2) is 4.98 Å². The van der Waals surface area contributed by atoms with Gasteiger partial charge in [0, 0.05) is 5.56 Å². The van der Waals surface area contributed by atoms with Crippen LogP contribution in [0.3, 0.4) is 0 Å². The number of aryl methyl sites for hydroxylation is 2.